The van der Waals surface area contributed by atoms with E-state index < -0.39 is 5.97 Å². The Bertz CT molecular complexity index is 446. The molecule has 2 rings (SSSR count). The van der Waals surface area contributed by atoms with Crippen LogP contribution in [0.3, 0.4) is 0 Å². The molecule has 0 atom stereocenters. The van der Waals surface area contributed by atoms with Gasteiger partial charge in [-0.3, -0.25) is 0 Å². The maximum Gasteiger partial charge on any atom is 0.374 e. The summed E-state index contributed by atoms with van der Waals surface area (Å²) in [4.78, 5) is 11.4. The second kappa shape index (κ2) is 5.89. The van der Waals surface area contributed by atoms with E-state index in [0.29, 0.717) is 6.61 Å². The summed E-state index contributed by atoms with van der Waals surface area (Å²) in [6.45, 7) is 0.411. The summed E-state index contributed by atoms with van der Waals surface area (Å²) in [6, 6.07) is 13.4. The fourth-order valence-corrected chi connectivity index (χ4v) is 1.55. The Kier molecular flexibility index (Phi) is 3.97. The first-order chi connectivity index (χ1) is 8.36. The highest BCUT2D eigenvalue weighted by Gasteiger charge is 2.08. The minimum Gasteiger partial charge on any atom is -0.460 e. The molecule has 0 bridgehead atoms. The zero-order chi connectivity index (χ0) is 11.9. The Balaban J connectivity index is 1.69. The van der Waals surface area contributed by atoms with Gasteiger partial charge in [0, 0.05) is 0 Å². The number of rotatable bonds is 5. The van der Waals surface area contributed by atoms with E-state index in [9.17, 15) is 4.79 Å². The molecule has 88 valence electrons. The molecule has 1 heterocycles. The van der Waals surface area contributed by atoms with Crippen molar-refractivity contribution in [2.45, 2.75) is 12.8 Å². The molecular weight excluding hydrogens is 216 g/mol. The maximum absolute atomic E-state index is 11.4. The van der Waals surface area contributed by atoms with Crippen LogP contribution < -0.4 is 0 Å². The van der Waals surface area contributed by atoms with Gasteiger partial charge in [0.05, 0.1) is 12.9 Å². The molecule has 0 N–H and O–H groups in total. The Morgan fingerprint density at radius 3 is 2.65 bits per heavy atom. The monoisotopic (exact) mass is 230 g/mol. The van der Waals surface area contributed by atoms with Gasteiger partial charge in [-0.05, 0) is 30.5 Å². The minimum atomic E-state index is -0.400. The number of esters is 1. The van der Waals surface area contributed by atoms with E-state index in [1.54, 1.807) is 12.1 Å². The molecule has 0 amide bonds. The number of carbonyl (C=O) groups excluding carboxylic acids is 1. The zero-order valence-corrected chi connectivity index (χ0v) is 9.46. The van der Waals surface area contributed by atoms with E-state index in [4.69, 9.17) is 9.15 Å². The Labute approximate surface area is 100 Å². The highest BCUT2D eigenvalue weighted by molar-refractivity contribution is 5.86. The third kappa shape index (κ3) is 3.48. The molecule has 0 unspecified atom stereocenters. The summed E-state index contributed by atoms with van der Waals surface area (Å²) in [5, 5.41) is 0. The van der Waals surface area contributed by atoms with Crippen molar-refractivity contribution in [1.82, 2.24) is 0 Å². The second-order valence-corrected chi connectivity index (χ2v) is 3.70. The van der Waals surface area contributed by atoms with E-state index in [1.165, 1.54) is 11.8 Å². The number of aryl methyl sites for hydroxylation is 1. The van der Waals surface area contributed by atoms with Crippen LogP contribution >= 0.6 is 0 Å². The van der Waals surface area contributed by atoms with Crippen LogP contribution in [0.25, 0.3) is 0 Å². The van der Waals surface area contributed by atoms with Crippen molar-refractivity contribution < 1.29 is 13.9 Å². The van der Waals surface area contributed by atoms with Crippen LogP contribution in [0, 0.1) is 0 Å². The molecule has 1 aromatic heterocycles. The van der Waals surface area contributed by atoms with E-state index in [-0.39, 0.29) is 5.76 Å². The van der Waals surface area contributed by atoms with Gasteiger partial charge in [-0.15, -0.1) is 0 Å². The number of hydrogen-bond acceptors (Lipinski definition) is 3. The maximum atomic E-state index is 11.4. The van der Waals surface area contributed by atoms with E-state index in [2.05, 4.69) is 12.1 Å². The van der Waals surface area contributed by atoms with Crippen LogP contribution in [0.15, 0.2) is 53.1 Å². The van der Waals surface area contributed by atoms with Crippen LogP contribution in [0.4, 0.5) is 0 Å². The first kappa shape index (κ1) is 11.5. The van der Waals surface area contributed by atoms with Crippen LogP contribution in [0.5, 0.6) is 0 Å². The summed E-state index contributed by atoms with van der Waals surface area (Å²) >= 11 is 0. The Morgan fingerprint density at radius 1 is 1.12 bits per heavy atom. The molecule has 0 saturated heterocycles. The number of ether oxygens (including phenoxy) is 1. The van der Waals surface area contributed by atoms with Crippen LogP contribution in [-0.2, 0) is 11.2 Å². The van der Waals surface area contributed by atoms with Crippen molar-refractivity contribution in [2.75, 3.05) is 6.61 Å². The van der Waals surface area contributed by atoms with Crippen LogP contribution in [0.1, 0.15) is 22.5 Å². The fraction of sp³-hybridized carbons (Fsp3) is 0.214. The highest BCUT2D eigenvalue weighted by atomic mass is 16.5. The topological polar surface area (TPSA) is 39.4 Å². The van der Waals surface area contributed by atoms with Crippen molar-refractivity contribution in [3.8, 4) is 0 Å². The molecule has 2 aromatic rings. The summed E-state index contributed by atoms with van der Waals surface area (Å²) < 4.78 is 10.0. The number of furan rings is 1. The van der Waals surface area contributed by atoms with E-state index in [1.807, 2.05) is 18.2 Å². The van der Waals surface area contributed by atoms with Crippen molar-refractivity contribution in [3.05, 3.63) is 60.1 Å². The largest absolute Gasteiger partial charge is 0.460 e. The van der Waals surface area contributed by atoms with Gasteiger partial charge in [0.15, 0.2) is 0 Å². The molecule has 17 heavy (non-hydrogen) atoms. The third-order valence-electron chi connectivity index (χ3n) is 2.41. The lowest BCUT2D eigenvalue weighted by Gasteiger charge is -2.03. The first-order valence-corrected chi connectivity index (χ1v) is 5.61. The Hall–Kier alpha value is -2.03. The van der Waals surface area contributed by atoms with Gasteiger partial charge in [0.2, 0.25) is 5.76 Å². The lowest BCUT2D eigenvalue weighted by molar-refractivity contribution is 0.0464. The molecule has 3 nitrogen and oxygen atoms in total. The molecule has 3 heteroatoms. The second-order valence-electron chi connectivity index (χ2n) is 3.70. The zero-order valence-electron chi connectivity index (χ0n) is 9.46. The van der Waals surface area contributed by atoms with Crippen molar-refractivity contribution >= 4 is 5.97 Å². The summed E-state index contributed by atoms with van der Waals surface area (Å²) in [5.74, 6) is -0.146. The van der Waals surface area contributed by atoms with Gasteiger partial charge >= 0.3 is 5.97 Å². The van der Waals surface area contributed by atoms with Crippen LogP contribution in [0.2, 0.25) is 0 Å². The Morgan fingerprint density at radius 2 is 1.94 bits per heavy atom. The molecule has 0 aliphatic heterocycles. The van der Waals surface area contributed by atoms with Crippen molar-refractivity contribution in [1.29, 1.82) is 0 Å². The smallest absolute Gasteiger partial charge is 0.374 e. The molecule has 1 aromatic carbocycles. The van der Waals surface area contributed by atoms with Crippen LogP contribution in [-0.4, -0.2) is 12.6 Å². The molecular formula is C14H14O3. The average molecular weight is 230 g/mol. The van der Waals surface area contributed by atoms with Crippen molar-refractivity contribution in [3.63, 3.8) is 0 Å². The summed E-state index contributed by atoms with van der Waals surface area (Å²) in [7, 11) is 0. The predicted octanol–water partition coefficient (Wildman–Crippen LogP) is 3.07. The number of hydrogen-bond donors (Lipinski definition) is 0. The van der Waals surface area contributed by atoms with Gasteiger partial charge in [-0.1, -0.05) is 30.3 Å². The SMILES string of the molecule is O=C(OCCCc1ccccc1)c1ccco1. The van der Waals surface area contributed by atoms with Crippen molar-refractivity contribution in [2.24, 2.45) is 0 Å². The number of carbonyl (C=O) groups is 1. The third-order valence-corrected chi connectivity index (χ3v) is 2.41. The average Bonchev–Trinajstić information content (AvgIpc) is 2.89. The summed E-state index contributed by atoms with van der Waals surface area (Å²) in [5.41, 5.74) is 1.25. The predicted molar refractivity (Wildman–Crippen MR) is 63.8 cm³/mol. The standard InChI is InChI=1S/C14H14O3/c15-14(13-9-5-10-16-13)17-11-4-8-12-6-2-1-3-7-12/h1-3,5-7,9-10H,4,8,11H2. The molecule has 0 fully saturated rings. The molecule has 0 saturated carbocycles. The van der Waals surface area contributed by atoms with Gasteiger partial charge in [-0.25, -0.2) is 4.79 Å². The van der Waals surface area contributed by atoms with Gasteiger partial charge in [-0.2, -0.15) is 0 Å². The molecule has 0 aliphatic carbocycles. The molecule has 0 spiro atoms. The van der Waals surface area contributed by atoms with E-state index >= 15 is 0 Å². The normalized spacial score (nSPS) is 10.1. The molecule has 0 radical (unpaired) electrons. The van der Waals surface area contributed by atoms with E-state index in [0.717, 1.165) is 12.8 Å². The lowest BCUT2D eigenvalue weighted by atomic mass is 10.1. The number of benzene rings is 1. The quantitative estimate of drug-likeness (QED) is 0.585. The fourth-order valence-electron chi connectivity index (χ4n) is 1.55. The first-order valence-electron chi connectivity index (χ1n) is 5.61. The van der Waals surface area contributed by atoms with Gasteiger partial charge in [0.1, 0.15) is 0 Å². The highest BCUT2D eigenvalue weighted by Crippen LogP contribution is 2.05. The molecule has 0 aliphatic rings. The summed E-state index contributed by atoms with van der Waals surface area (Å²) in [6.07, 6.45) is 3.18. The lowest BCUT2D eigenvalue weighted by Crippen LogP contribution is -2.05. The van der Waals surface area contributed by atoms with Gasteiger partial charge < -0.3 is 9.15 Å². The minimum absolute atomic E-state index is 0.254. The van der Waals surface area contributed by atoms with Gasteiger partial charge in [0.25, 0.3) is 0 Å².